The fraction of sp³-hybridized carbons (Fsp3) is 0.762. The van der Waals surface area contributed by atoms with E-state index in [0.717, 1.165) is 64.2 Å². The first-order valence-corrected chi connectivity index (χ1v) is 19.7. The second-order valence-corrected chi connectivity index (χ2v) is 13.0. The van der Waals surface area contributed by atoms with Crippen molar-refractivity contribution >= 4 is 11.9 Å². The van der Waals surface area contributed by atoms with Crippen LogP contribution < -0.4 is 0 Å². The van der Waals surface area contributed by atoms with Crippen LogP contribution in [0.15, 0.2) is 48.6 Å². The number of unbranched alkanes of at least 4 members (excludes halogenated alkanes) is 19. The number of ether oxygens (including phenoxy) is 2. The molecule has 0 aliphatic carbocycles. The van der Waals surface area contributed by atoms with E-state index in [-0.39, 0.29) is 25.2 Å². The number of aliphatic hydroxyl groups is 1. The highest BCUT2D eigenvalue weighted by atomic mass is 16.6. The van der Waals surface area contributed by atoms with Crippen LogP contribution in [0.1, 0.15) is 187 Å². The van der Waals surface area contributed by atoms with Crippen molar-refractivity contribution < 1.29 is 24.2 Å². The third-order valence-corrected chi connectivity index (χ3v) is 8.39. The van der Waals surface area contributed by atoms with Gasteiger partial charge in [-0.15, -0.1) is 0 Å². The van der Waals surface area contributed by atoms with Gasteiger partial charge in [0.15, 0.2) is 6.10 Å². The number of hydrogen-bond donors (Lipinski definition) is 1. The van der Waals surface area contributed by atoms with Crippen molar-refractivity contribution in [1.29, 1.82) is 0 Å². The molecule has 0 rings (SSSR count). The minimum atomic E-state index is -0.770. The first kappa shape index (κ1) is 44.9. The first-order valence-electron chi connectivity index (χ1n) is 19.7. The van der Waals surface area contributed by atoms with Gasteiger partial charge in [0.25, 0.3) is 0 Å². The minimum absolute atomic E-state index is 0.0662. The Morgan fingerprint density at radius 2 is 0.915 bits per heavy atom. The van der Waals surface area contributed by atoms with E-state index in [1.54, 1.807) is 0 Å². The molecular weight excluding hydrogens is 584 g/mol. The lowest BCUT2D eigenvalue weighted by molar-refractivity contribution is -0.161. The SMILES string of the molecule is CC/C=C\C/C=C\C/C=C\C/C=C\CCCCCCCCCCCCC(=O)OC(CO)COC(=O)CCCCCCCCCCCC. The summed E-state index contributed by atoms with van der Waals surface area (Å²) in [6.45, 7) is 4.00. The molecule has 5 nitrogen and oxygen atoms in total. The Morgan fingerprint density at radius 3 is 1.38 bits per heavy atom. The highest BCUT2D eigenvalue weighted by Gasteiger charge is 2.16. The molecule has 1 N–H and O–H groups in total. The quantitative estimate of drug-likeness (QED) is 0.0417. The van der Waals surface area contributed by atoms with Crippen LogP contribution in [0, 0.1) is 0 Å². The zero-order valence-corrected chi connectivity index (χ0v) is 30.8. The standard InChI is InChI=1S/C42H74O5/c1-3-5-7-9-11-13-15-16-17-18-19-20-21-22-23-24-25-26-27-29-31-33-35-37-42(45)47-40(38-43)39-46-41(44)36-34-32-30-28-14-12-10-8-6-4-2/h5,7,11,13,16-17,19-20,40,43H,3-4,6,8-10,12,14-15,18,21-39H2,1-2H3/b7-5-,13-11-,17-16-,20-19-. The van der Waals surface area contributed by atoms with Gasteiger partial charge in [0.2, 0.25) is 0 Å². The molecule has 5 heteroatoms. The summed E-state index contributed by atoms with van der Waals surface area (Å²) in [6.07, 6.45) is 47.5. The molecule has 272 valence electrons. The number of aliphatic hydroxyl groups excluding tert-OH is 1. The van der Waals surface area contributed by atoms with Gasteiger partial charge in [-0.2, -0.15) is 0 Å². The van der Waals surface area contributed by atoms with Gasteiger partial charge >= 0.3 is 11.9 Å². The minimum Gasteiger partial charge on any atom is -0.462 e. The van der Waals surface area contributed by atoms with Crippen molar-refractivity contribution in [2.24, 2.45) is 0 Å². The lowest BCUT2D eigenvalue weighted by atomic mass is 10.0. The molecule has 0 spiro atoms. The van der Waals surface area contributed by atoms with Gasteiger partial charge in [-0.3, -0.25) is 9.59 Å². The van der Waals surface area contributed by atoms with E-state index < -0.39 is 6.10 Å². The molecule has 0 bridgehead atoms. The van der Waals surface area contributed by atoms with Crippen LogP contribution in [0.4, 0.5) is 0 Å². The molecule has 0 aliphatic heterocycles. The topological polar surface area (TPSA) is 72.8 Å². The van der Waals surface area contributed by atoms with Gasteiger partial charge in [-0.25, -0.2) is 0 Å². The van der Waals surface area contributed by atoms with E-state index >= 15 is 0 Å². The maximum absolute atomic E-state index is 12.2. The van der Waals surface area contributed by atoms with Crippen molar-refractivity contribution in [3.8, 4) is 0 Å². The summed E-state index contributed by atoms with van der Waals surface area (Å²) in [5.74, 6) is -0.596. The van der Waals surface area contributed by atoms with Crippen LogP contribution in [0.2, 0.25) is 0 Å². The molecule has 47 heavy (non-hydrogen) atoms. The molecule has 0 aromatic heterocycles. The first-order chi connectivity index (χ1) is 23.1. The third kappa shape index (κ3) is 36.5. The summed E-state index contributed by atoms with van der Waals surface area (Å²) in [5.41, 5.74) is 0. The van der Waals surface area contributed by atoms with Gasteiger partial charge in [0, 0.05) is 12.8 Å². The Bertz CT molecular complexity index is 797. The predicted molar refractivity (Wildman–Crippen MR) is 200 cm³/mol. The van der Waals surface area contributed by atoms with Crippen LogP contribution >= 0.6 is 0 Å². The van der Waals surface area contributed by atoms with Crippen molar-refractivity contribution in [2.75, 3.05) is 13.2 Å². The van der Waals surface area contributed by atoms with Crippen molar-refractivity contribution in [2.45, 2.75) is 193 Å². The molecule has 0 amide bonds. The molecule has 0 aliphatic rings. The number of carbonyl (C=O) groups excluding carboxylic acids is 2. The molecular formula is C42H74O5. The van der Waals surface area contributed by atoms with Crippen LogP contribution in [0.5, 0.6) is 0 Å². The Hall–Kier alpha value is -2.14. The zero-order chi connectivity index (χ0) is 34.3. The summed E-state index contributed by atoms with van der Waals surface area (Å²) < 4.78 is 10.6. The lowest BCUT2D eigenvalue weighted by Gasteiger charge is -2.15. The molecule has 0 aromatic carbocycles. The van der Waals surface area contributed by atoms with Gasteiger partial charge in [-0.1, -0.05) is 172 Å². The molecule has 0 fully saturated rings. The number of carbonyl (C=O) groups is 2. The second kappa shape index (κ2) is 38.3. The Morgan fingerprint density at radius 1 is 0.511 bits per heavy atom. The maximum Gasteiger partial charge on any atom is 0.306 e. The summed E-state index contributed by atoms with van der Waals surface area (Å²) in [4.78, 5) is 24.2. The zero-order valence-electron chi connectivity index (χ0n) is 30.8. The number of esters is 2. The van der Waals surface area contributed by atoms with E-state index in [1.807, 2.05) is 0 Å². The van der Waals surface area contributed by atoms with E-state index in [1.165, 1.54) is 96.3 Å². The Labute approximate surface area is 290 Å². The fourth-order valence-electron chi connectivity index (χ4n) is 5.43. The molecule has 0 saturated carbocycles. The van der Waals surface area contributed by atoms with E-state index in [9.17, 15) is 14.7 Å². The number of rotatable bonds is 35. The van der Waals surface area contributed by atoms with E-state index in [2.05, 4.69) is 62.5 Å². The summed E-state index contributed by atoms with van der Waals surface area (Å²) in [6, 6.07) is 0. The van der Waals surface area contributed by atoms with Crippen molar-refractivity contribution in [3.63, 3.8) is 0 Å². The second-order valence-electron chi connectivity index (χ2n) is 13.0. The summed E-state index contributed by atoms with van der Waals surface area (Å²) >= 11 is 0. The van der Waals surface area contributed by atoms with E-state index in [4.69, 9.17) is 9.47 Å². The van der Waals surface area contributed by atoms with Crippen molar-refractivity contribution in [1.82, 2.24) is 0 Å². The fourth-order valence-corrected chi connectivity index (χ4v) is 5.43. The average molecular weight is 659 g/mol. The van der Waals surface area contributed by atoms with Gasteiger partial charge in [0.05, 0.1) is 6.61 Å². The summed E-state index contributed by atoms with van der Waals surface area (Å²) in [7, 11) is 0. The monoisotopic (exact) mass is 659 g/mol. The predicted octanol–water partition coefficient (Wildman–Crippen LogP) is 12.2. The number of allylic oxidation sites excluding steroid dienone is 8. The van der Waals surface area contributed by atoms with Crippen LogP contribution in [-0.2, 0) is 19.1 Å². The lowest BCUT2D eigenvalue weighted by Crippen LogP contribution is -2.28. The molecule has 1 unspecified atom stereocenters. The van der Waals surface area contributed by atoms with Gasteiger partial charge in [-0.05, 0) is 51.4 Å². The smallest absolute Gasteiger partial charge is 0.306 e. The molecule has 1 atom stereocenters. The Kier molecular flexibility index (Phi) is 36.6. The largest absolute Gasteiger partial charge is 0.462 e. The van der Waals surface area contributed by atoms with Crippen LogP contribution in [0.25, 0.3) is 0 Å². The molecule has 0 saturated heterocycles. The highest BCUT2D eigenvalue weighted by molar-refractivity contribution is 5.70. The van der Waals surface area contributed by atoms with Gasteiger partial charge < -0.3 is 14.6 Å². The van der Waals surface area contributed by atoms with E-state index in [0.29, 0.717) is 12.8 Å². The summed E-state index contributed by atoms with van der Waals surface area (Å²) in [5, 5.41) is 9.53. The highest BCUT2D eigenvalue weighted by Crippen LogP contribution is 2.14. The van der Waals surface area contributed by atoms with Crippen LogP contribution in [0.3, 0.4) is 0 Å². The number of hydrogen-bond acceptors (Lipinski definition) is 5. The molecule has 0 heterocycles. The molecule has 0 aromatic rings. The Balaban J connectivity index is 3.54. The van der Waals surface area contributed by atoms with Crippen molar-refractivity contribution in [3.05, 3.63) is 48.6 Å². The maximum atomic E-state index is 12.2. The normalized spacial score (nSPS) is 12.7. The van der Waals surface area contributed by atoms with Crippen LogP contribution in [-0.4, -0.2) is 36.4 Å². The third-order valence-electron chi connectivity index (χ3n) is 8.39. The van der Waals surface area contributed by atoms with Gasteiger partial charge in [0.1, 0.15) is 6.61 Å². The molecule has 0 radical (unpaired) electrons. The average Bonchev–Trinajstić information content (AvgIpc) is 3.07.